The van der Waals surface area contributed by atoms with Crippen LogP contribution in [0.2, 0.25) is 0 Å². The standard InChI is InChI=1S/C14H16N4O2S/c1-10-11(9-15-16-10)13(19)17-4-6-18(7-5-17)14(20)12-3-2-8-21-12/h2-3,8-9H,4-7H2,1H3,(H,15,16). The zero-order valence-corrected chi connectivity index (χ0v) is 12.5. The minimum absolute atomic E-state index is 0.0236. The minimum Gasteiger partial charge on any atom is -0.335 e. The summed E-state index contributed by atoms with van der Waals surface area (Å²) in [6, 6.07) is 3.71. The third kappa shape index (κ3) is 2.69. The van der Waals surface area contributed by atoms with Crippen molar-refractivity contribution in [2.75, 3.05) is 26.2 Å². The summed E-state index contributed by atoms with van der Waals surface area (Å²) in [5.41, 5.74) is 1.38. The maximum atomic E-state index is 12.4. The Morgan fingerprint density at radius 3 is 2.38 bits per heavy atom. The number of amides is 2. The molecule has 0 spiro atoms. The summed E-state index contributed by atoms with van der Waals surface area (Å²) in [6.45, 7) is 4.08. The predicted molar refractivity (Wildman–Crippen MR) is 79.5 cm³/mol. The van der Waals surface area contributed by atoms with Gasteiger partial charge in [0, 0.05) is 31.9 Å². The molecule has 21 heavy (non-hydrogen) atoms. The Hall–Kier alpha value is -2.15. The van der Waals surface area contributed by atoms with E-state index in [0.717, 1.165) is 10.6 Å². The van der Waals surface area contributed by atoms with E-state index in [1.54, 1.807) is 16.0 Å². The van der Waals surface area contributed by atoms with Gasteiger partial charge in [-0.3, -0.25) is 14.7 Å². The molecule has 0 aromatic carbocycles. The van der Waals surface area contributed by atoms with Gasteiger partial charge >= 0.3 is 0 Å². The first kappa shape index (κ1) is 13.8. The largest absolute Gasteiger partial charge is 0.335 e. The van der Waals surface area contributed by atoms with E-state index in [1.807, 2.05) is 24.4 Å². The summed E-state index contributed by atoms with van der Waals surface area (Å²) in [7, 11) is 0. The average Bonchev–Trinajstić information content (AvgIpc) is 3.17. The fourth-order valence-electron chi connectivity index (χ4n) is 2.41. The highest BCUT2D eigenvalue weighted by molar-refractivity contribution is 7.12. The van der Waals surface area contributed by atoms with Crippen molar-refractivity contribution >= 4 is 23.2 Å². The summed E-state index contributed by atoms with van der Waals surface area (Å²) in [6.07, 6.45) is 1.56. The molecule has 0 aliphatic carbocycles. The van der Waals surface area contributed by atoms with Gasteiger partial charge in [-0.15, -0.1) is 11.3 Å². The molecule has 0 unspecified atom stereocenters. The van der Waals surface area contributed by atoms with Crippen LogP contribution in [0.25, 0.3) is 0 Å². The van der Waals surface area contributed by atoms with Crippen LogP contribution in [0.5, 0.6) is 0 Å². The zero-order valence-electron chi connectivity index (χ0n) is 11.7. The molecule has 1 saturated heterocycles. The third-order valence-corrected chi connectivity index (χ3v) is 4.50. The van der Waals surface area contributed by atoms with Crippen LogP contribution in [0.1, 0.15) is 25.7 Å². The van der Waals surface area contributed by atoms with E-state index in [9.17, 15) is 9.59 Å². The van der Waals surface area contributed by atoms with Crippen molar-refractivity contribution in [3.05, 3.63) is 39.8 Å². The van der Waals surface area contributed by atoms with Crippen LogP contribution in [-0.2, 0) is 0 Å². The van der Waals surface area contributed by atoms with Gasteiger partial charge in [-0.1, -0.05) is 6.07 Å². The summed E-state index contributed by atoms with van der Waals surface area (Å²) >= 11 is 1.45. The molecule has 2 aromatic rings. The highest BCUT2D eigenvalue weighted by Crippen LogP contribution is 2.15. The summed E-state index contributed by atoms with van der Waals surface area (Å²) in [4.78, 5) is 28.9. The van der Waals surface area contributed by atoms with Gasteiger partial charge in [0.1, 0.15) is 0 Å². The van der Waals surface area contributed by atoms with Crippen LogP contribution in [0, 0.1) is 6.92 Å². The van der Waals surface area contributed by atoms with Gasteiger partial charge in [0.15, 0.2) is 0 Å². The maximum absolute atomic E-state index is 12.4. The zero-order chi connectivity index (χ0) is 14.8. The molecule has 6 nitrogen and oxygen atoms in total. The molecular formula is C14H16N4O2S. The van der Waals surface area contributed by atoms with Gasteiger partial charge in [0.25, 0.3) is 11.8 Å². The number of carbonyl (C=O) groups is 2. The lowest BCUT2D eigenvalue weighted by molar-refractivity contribution is 0.0537. The van der Waals surface area contributed by atoms with Crippen molar-refractivity contribution in [3.63, 3.8) is 0 Å². The van der Waals surface area contributed by atoms with E-state index >= 15 is 0 Å². The smallest absolute Gasteiger partial charge is 0.264 e. The lowest BCUT2D eigenvalue weighted by atomic mass is 10.2. The summed E-state index contributed by atoms with van der Waals surface area (Å²) in [5.74, 6) is 0.0288. The normalized spacial score (nSPS) is 15.3. The van der Waals surface area contributed by atoms with Gasteiger partial charge in [-0.25, -0.2) is 0 Å². The molecule has 0 saturated carbocycles. The number of H-pyrrole nitrogens is 1. The fourth-order valence-corrected chi connectivity index (χ4v) is 3.10. The van der Waals surface area contributed by atoms with E-state index in [-0.39, 0.29) is 11.8 Å². The number of aromatic nitrogens is 2. The third-order valence-electron chi connectivity index (χ3n) is 3.65. The lowest BCUT2D eigenvalue weighted by Crippen LogP contribution is -2.50. The molecule has 7 heteroatoms. The molecule has 1 aliphatic rings. The van der Waals surface area contributed by atoms with E-state index in [2.05, 4.69) is 10.2 Å². The molecule has 1 fully saturated rings. The topological polar surface area (TPSA) is 69.3 Å². The monoisotopic (exact) mass is 304 g/mol. The molecule has 0 radical (unpaired) electrons. The molecule has 3 heterocycles. The lowest BCUT2D eigenvalue weighted by Gasteiger charge is -2.34. The van der Waals surface area contributed by atoms with E-state index in [0.29, 0.717) is 31.7 Å². The second kappa shape index (κ2) is 5.69. The highest BCUT2D eigenvalue weighted by Gasteiger charge is 2.26. The Labute approximate surface area is 126 Å². The summed E-state index contributed by atoms with van der Waals surface area (Å²) in [5, 5.41) is 8.55. The molecule has 1 N–H and O–H groups in total. The number of piperazine rings is 1. The van der Waals surface area contributed by atoms with Gasteiger partial charge in [0.2, 0.25) is 0 Å². The van der Waals surface area contributed by atoms with Crippen LogP contribution < -0.4 is 0 Å². The molecule has 1 aliphatic heterocycles. The summed E-state index contributed by atoms with van der Waals surface area (Å²) < 4.78 is 0. The number of hydrogen-bond donors (Lipinski definition) is 1. The van der Waals surface area contributed by atoms with Crippen molar-refractivity contribution in [2.45, 2.75) is 6.92 Å². The predicted octanol–water partition coefficient (Wildman–Crippen LogP) is 1.38. The maximum Gasteiger partial charge on any atom is 0.264 e. The Morgan fingerprint density at radius 2 is 1.86 bits per heavy atom. The van der Waals surface area contributed by atoms with Crippen LogP contribution in [0.15, 0.2) is 23.7 Å². The van der Waals surface area contributed by atoms with E-state index < -0.39 is 0 Å². The molecule has 0 bridgehead atoms. The molecule has 0 atom stereocenters. The van der Waals surface area contributed by atoms with Crippen molar-refractivity contribution in [1.29, 1.82) is 0 Å². The Morgan fingerprint density at radius 1 is 1.19 bits per heavy atom. The Balaban J connectivity index is 1.62. The minimum atomic E-state index is -0.0236. The average molecular weight is 304 g/mol. The van der Waals surface area contributed by atoms with Crippen molar-refractivity contribution in [2.24, 2.45) is 0 Å². The number of aryl methyl sites for hydroxylation is 1. The SMILES string of the molecule is Cc1[nH]ncc1C(=O)N1CCN(C(=O)c2cccs2)CC1. The second-order valence-electron chi connectivity index (χ2n) is 4.97. The number of rotatable bonds is 2. The molecule has 3 rings (SSSR count). The second-order valence-corrected chi connectivity index (χ2v) is 5.92. The van der Waals surface area contributed by atoms with Gasteiger partial charge in [0.05, 0.1) is 16.6 Å². The highest BCUT2D eigenvalue weighted by atomic mass is 32.1. The van der Waals surface area contributed by atoms with Crippen molar-refractivity contribution in [1.82, 2.24) is 20.0 Å². The number of carbonyl (C=O) groups excluding carboxylic acids is 2. The number of nitrogens with one attached hydrogen (secondary N) is 1. The Bertz CT molecular complexity index is 642. The van der Waals surface area contributed by atoms with Gasteiger partial charge in [-0.05, 0) is 18.4 Å². The van der Waals surface area contributed by atoms with Crippen LogP contribution >= 0.6 is 11.3 Å². The van der Waals surface area contributed by atoms with E-state index in [4.69, 9.17) is 0 Å². The van der Waals surface area contributed by atoms with Crippen LogP contribution in [0.4, 0.5) is 0 Å². The first-order valence-corrected chi connectivity index (χ1v) is 7.67. The van der Waals surface area contributed by atoms with E-state index in [1.165, 1.54) is 11.3 Å². The molecule has 2 aromatic heterocycles. The van der Waals surface area contributed by atoms with Crippen LogP contribution in [-0.4, -0.2) is 58.0 Å². The van der Waals surface area contributed by atoms with Gasteiger partial charge < -0.3 is 9.80 Å². The number of hydrogen-bond acceptors (Lipinski definition) is 4. The number of thiophene rings is 1. The molecular weight excluding hydrogens is 288 g/mol. The van der Waals surface area contributed by atoms with Crippen LogP contribution in [0.3, 0.4) is 0 Å². The number of nitrogens with zero attached hydrogens (tertiary/aromatic N) is 3. The van der Waals surface area contributed by atoms with Gasteiger partial charge in [-0.2, -0.15) is 5.10 Å². The molecule has 110 valence electrons. The first-order chi connectivity index (χ1) is 10.2. The molecule has 2 amide bonds. The fraction of sp³-hybridized carbons (Fsp3) is 0.357. The number of aromatic amines is 1. The van der Waals surface area contributed by atoms with Crippen molar-refractivity contribution in [3.8, 4) is 0 Å². The first-order valence-electron chi connectivity index (χ1n) is 6.79. The quantitative estimate of drug-likeness (QED) is 0.911. The Kier molecular flexibility index (Phi) is 3.74. The van der Waals surface area contributed by atoms with Crippen molar-refractivity contribution < 1.29 is 9.59 Å².